The van der Waals surface area contributed by atoms with Crippen molar-refractivity contribution in [3.63, 3.8) is 0 Å². The van der Waals surface area contributed by atoms with Gasteiger partial charge in [0.05, 0.1) is 0 Å². The molecule has 1 heterocycles. The molecule has 0 N–H and O–H groups in total. The number of hydrogen-bond donors (Lipinski definition) is 0. The smallest absolute Gasteiger partial charge is 0.137 e. The lowest BCUT2D eigenvalue weighted by Gasteiger charge is -2.38. The molecule has 114 valence electrons. The Balaban J connectivity index is 1.64. The van der Waals surface area contributed by atoms with Crippen molar-refractivity contribution in [3.05, 3.63) is 35.4 Å². The molecule has 0 amide bonds. The zero-order chi connectivity index (χ0) is 15.0. The first-order chi connectivity index (χ1) is 9.93. The van der Waals surface area contributed by atoms with E-state index in [0.717, 1.165) is 38.9 Å². The largest absolute Gasteiger partial charge is 0.299 e. The van der Waals surface area contributed by atoms with Crippen LogP contribution in [0.2, 0.25) is 0 Å². The highest BCUT2D eigenvalue weighted by Gasteiger charge is 2.36. The summed E-state index contributed by atoms with van der Waals surface area (Å²) < 4.78 is 0. The van der Waals surface area contributed by atoms with Crippen molar-refractivity contribution in [2.24, 2.45) is 17.3 Å². The third-order valence-corrected chi connectivity index (χ3v) is 5.37. The first kappa shape index (κ1) is 14.8. The van der Waals surface area contributed by atoms with Gasteiger partial charge in [-0.25, -0.2) is 0 Å². The molecule has 2 unspecified atom stereocenters. The lowest BCUT2D eigenvalue weighted by atomic mass is 9.68. The van der Waals surface area contributed by atoms with Gasteiger partial charge in [-0.3, -0.25) is 9.69 Å². The van der Waals surface area contributed by atoms with Gasteiger partial charge in [-0.1, -0.05) is 45.0 Å². The van der Waals surface area contributed by atoms with Gasteiger partial charge in [0.1, 0.15) is 5.78 Å². The van der Waals surface area contributed by atoms with Crippen molar-refractivity contribution < 1.29 is 4.79 Å². The van der Waals surface area contributed by atoms with Crippen LogP contribution < -0.4 is 0 Å². The Morgan fingerprint density at radius 1 is 1.14 bits per heavy atom. The average Bonchev–Trinajstić information content (AvgIpc) is 2.82. The fraction of sp³-hybridized carbons (Fsp3) is 0.632. The van der Waals surface area contributed by atoms with Crippen molar-refractivity contribution in [1.29, 1.82) is 0 Å². The summed E-state index contributed by atoms with van der Waals surface area (Å²) in [5, 5.41) is 0. The number of Topliss-reactive ketones (excluding diaryl/α,β-unsaturated/α-hetero) is 1. The van der Waals surface area contributed by atoms with E-state index in [9.17, 15) is 4.79 Å². The van der Waals surface area contributed by atoms with Gasteiger partial charge in [-0.15, -0.1) is 0 Å². The maximum Gasteiger partial charge on any atom is 0.137 e. The van der Waals surface area contributed by atoms with E-state index in [1.807, 2.05) is 0 Å². The summed E-state index contributed by atoms with van der Waals surface area (Å²) in [6, 6.07) is 8.67. The van der Waals surface area contributed by atoms with Gasteiger partial charge in [0, 0.05) is 32.0 Å². The molecule has 1 saturated carbocycles. The Labute approximate surface area is 128 Å². The fourth-order valence-corrected chi connectivity index (χ4v) is 3.92. The predicted molar refractivity (Wildman–Crippen MR) is 85.8 cm³/mol. The summed E-state index contributed by atoms with van der Waals surface area (Å²) >= 11 is 0. The minimum Gasteiger partial charge on any atom is -0.299 e. The number of rotatable bonds is 2. The van der Waals surface area contributed by atoms with E-state index < -0.39 is 0 Å². The molecule has 1 fully saturated rings. The standard InChI is InChI=1S/C19H27NO/c1-19(2,3)17-8-9-18(21)16(10-17)13-20-11-14-6-4-5-7-15(14)12-20/h4-7,16-17H,8-13H2,1-3H3. The van der Waals surface area contributed by atoms with Gasteiger partial charge >= 0.3 is 0 Å². The molecule has 21 heavy (non-hydrogen) atoms. The maximum atomic E-state index is 12.3. The quantitative estimate of drug-likeness (QED) is 0.817. The third kappa shape index (κ3) is 3.21. The highest BCUT2D eigenvalue weighted by Crippen LogP contribution is 2.39. The molecule has 1 aliphatic carbocycles. The molecular weight excluding hydrogens is 258 g/mol. The van der Waals surface area contributed by atoms with Crippen LogP contribution in [0.1, 0.15) is 51.2 Å². The van der Waals surface area contributed by atoms with Crippen molar-refractivity contribution in [2.45, 2.75) is 53.1 Å². The van der Waals surface area contributed by atoms with Gasteiger partial charge < -0.3 is 0 Å². The molecule has 2 atom stereocenters. The van der Waals surface area contributed by atoms with Gasteiger partial charge in [-0.05, 0) is 35.3 Å². The summed E-state index contributed by atoms with van der Waals surface area (Å²) in [6.07, 6.45) is 2.95. The van der Waals surface area contributed by atoms with Crippen molar-refractivity contribution in [1.82, 2.24) is 4.90 Å². The minimum atomic E-state index is 0.247. The Morgan fingerprint density at radius 2 is 1.76 bits per heavy atom. The molecule has 0 radical (unpaired) electrons. The average molecular weight is 285 g/mol. The highest BCUT2D eigenvalue weighted by molar-refractivity contribution is 5.82. The van der Waals surface area contributed by atoms with E-state index in [1.54, 1.807) is 0 Å². The molecule has 1 aromatic carbocycles. The topological polar surface area (TPSA) is 20.3 Å². The van der Waals surface area contributed by atoms with E-state index in [-0.39, 0.29) is 5.92 Å². The number of carbonyl (C=O) groups excluding carboxylic acids is 1. The lowest BCUT2D eigenvalue weighted by molar-refractivity contribution is -0.127. The van der Waals surface area contributed by atoms with E-state index in [1.165, 1.54) is 11.1 Å². The summed E-state index contributed by atoms with van der Waals surface area (Å²) in [5.41, 5.74) is 3.20. The van der Waals surface area contributed by atoms with E-state index >= 15 is 0 Å². The van der Waals surface area contributed by atoms with Crippen molar-refractivity contribution in [3.8, 4) is 0 Å². The zero-order valence-corrected chi connectivity index (χ0v) is 13.6. The summed E-state index contributed by atoms with van der Waals surface area (Å²) in [6.45, 7) is 9.92. The normalized spacial score (nSPS) is 26.9. The second-order valence-corrected chi connectivity index (χ2v) is 7.94. The molecule has 2 aliphatic rings. The second kappa shape index (κ2) is 5.57. The molecule has 0 saturated heterocycles. The number of fused-ring (bicyclic) bond motifs is 1. The molecular formula is C19H27NO. The zero-order valence-electron chi connectivity index (χ0n) is 13.6. The number of hydrogen-bond acceptors (Lipinski definition) is 2. The van der Waals surface area contributed by atoms with Crippen LogP contribution in [0.3, 0.4) is 0 Å². The number of ketones is 1. The highest BCUT2D eigenvalue weighted by atomic mass is 16.1. The molecule has 0 spiro atoms. The second-order valence-electron chi connectivity index (χ2n) is 7.94. The van der Waals surface area contributed by atoms with Gasteiger partial charge in [-0.2, -0.15) is 0 Å². The Kier molecular flexibility index (Phi) is 3.92. The Morgan fingerprint density at radius 3 is 2.33 bits per heavy atom. The fourth-order valence-electron chi connectivity index (χ4n) is 3.92. The maximum absolute atomic E-state index is 12.3. The third-order valence-electron chi connectivity index (χ3n) is 5.37. The predicted octanol–water partition coefficient (Wildman–Crippen LogP) is 4.03. The minimum absolute atomic E-state index is 0.247. The number of carbonyl (C=O) groups is 1. The summed E-state index contributed by atoms with van der Waals surface area (Å²) in [4.78, 5) is 14.8. The van der Waals surface area contributed by atoms with E-state index in [4.69, 9.17) is 0 Å². The van der Waals surface area contributed by atoms with Crippen molar-refractivity contribution in [2.75, 3.05) is 6.54 Å². The van der Waals surface area contributed by atoms with Gasteiger partial charge in [0.15, 0.2) is 0 Å². The Hall–Kier alpha value is -1.15. The van der Waals surface area contributed by atoms with Crippen LogP contribution in [-0.2, 0) is 17.9 Å². The summed E-state index contributed by atoms with van der Waals surface area (Å²) in [7, 11) is 0. The van der Waals surface area contributed by atoms with Crippen LogP contribution in [0, 0.1) is 17.3 Å². The number of nitrogens with zero attached hydrogens (tertiary/aromatic N) is 1. The Bertz CT molecular complexity index is 504. The first-order valence-corrected chi connectivity index (χ1v) is 8.25. The summed E-state index contributed by atoms with van der Waals surface area (Å²) in [5.74, 6) is 1.42. The number of benzene rings is 1. The molecule has 2 nitrogen and oxygen atoms in total. The van der Waals surface area contributed by atoms with Gasteiger partial charge in [0.2, 0.25) is 0 Å². The molecule has 0 bridgehead atoms. The molecule has 3 rings (SSSR count). The van der Waals surface area contributed by atoms with Crippen LogP contribution in [0.4, 0.5) is 0 Å². The first-order valence-electron chi connectivity index (χ1n) is 8.25. The van der Waals surface area contributed by atoms with Crippen LogP contribution in [0.5, 0.6) is 0 Å². The van der Waals surface area contributed by atoms with Crippen LogP contribution >= 0.6 is 0 Å². The van der Waals surface area contributed by atoms with Gasteiger partial charge in [0.25, 0.3) is 0 Å². The van der Waals surface area contributed by atoms with Crippen molar-refractivity contribution >= 4 is 5.78 Å². The molecule has 1 aromatic rings. The van der Waals surface area contributed by atoms with E-state index in [0.29, 0.717) is 17.1 Å². The monoisotopic (exact) mass is 285 g/mol. The SMILES string of the molecule is CC(C)(C)C1CCC(=O)C(CN2Cc3ccccc3C2)C1. The van der Waals surface area contributed by atoms with Crippen LogP contribution in [0.25, 0.3) is 0 Å². The molecule has 0 aromatic heterocycles. The lowest BCUT2D eigenvalue weighted by Crippen LogP contribution is -2.37. The molecule has 1 aliphatic heterocycles. The molecule has 2 heteroatoms. The van der Waals surface area contributed by atoms with E-state index in [2.05, 4.69) is 49.9 Å². The van der Waals surface area contributed by atoms with Crippen LogP contribution in [0.15, 0.2) is 24.3 Å². The van der Waals surface area contributed by atoms with Crippen LogP contribution in [-0.4, -0.2) is 17.2 Å².